The van der Waals surface area contributed by atoms with Crippen LogP contribution in [0.15, 0.2) is 48.5 Å². The molecule has 0 aliphatic rings. The fourth-order valence-corrected chi connectivity index (χ4v) is 3.37. The van der Waals surface area contributed by atoms with Crippen LogP contribution < -0.4 is 19.5 Å². The lowest BCUT2D eigenvalue weighted by Gasteiger charge is -2.13. The molecule has 172 valence electrons. The highest BCUT2D eigenvalue weighted by molar-refractivity contribution is 6.08. The summed E-state index contributed by atoms with van der Waals surface area (Å²) in [6.07, 6.45) is 3.21. The average Bonchev–Trinajstić information content (AvgIpc) is 3.07. The molecule has 0 atom stereocenters. The van der Waals surface area contributed by atoms with E-state index in [4.69, 9.17) is 14.2 Å². The summed E-state index contributed by atoms with van der Waals surface area (Å²) in [5.41, 5.74) is 3.42. The highest BCUT2D eigenvalue weighted by Crippen LogP contribution is 2.29. The lowest BCUT2D eigenvalue weighted by atomic mass is 10.1. The first-order valence-corrected chi connectivity index (χ1v) is 10.3. The molecule has 33 heavy (non-hydrogen) atoms. The zero-order valence-corrected chi connectivity index (χ0v) is 19.3. The summed E-state index contributed by atoms with van der Waals surface area (Å²) in [5.74, 6) is 0.966. The molecule has 3 aromatic rings. The van der Waals surface area contributed by atoms with Gasteiger partial charge in [-0.25, -0.2) is 0 Å². The van der Waals surface area contributed by atoms with Crippen molar-refractivity contribution in [1.29, 1.82) is 0 Å². The molecule has 8 heteroatoms. The minimum absolute atomic E-state index is 0.120. The van der Waals surface area contributed by atoms with Crippen LogP contribution in [0.5, 0.6) is 17.2 Å². The van der Waals surface area contributed by atoms with Gasteiger partial charge in [0.25, 0.3) is 5.91 Å². The Morgan fingerprint density at radius 2 is 1.76 bits per heavy atom. The topological polar surface area (TPSA) is 91.7 Å². The highest BCUT2D eigenvalue weighted by atomic mass is 16.5. The van der Waals surface area contributed by atoms with Gasteiger partial charge in [-0.3, -0.25) is 14.3 Å². The molecule has 0 radical (unpaired) electrons. The third-order valence-electron chi connectivity index (χ3n) is 5.11. The van der Waals surface area contributed by atoms with Gasteiger partial charge in [-0.05, 0) is 49.8 Å². The lowest BCUT2D eigenvalue weighted by molar-refractivity contribution is -0.118. The lowest BCUT2D eigenvalue weighted by Crippen LogP contribution is -2.20. The van der Waals surface area contributed by atoms with Crippen molar-refractivity contribution in [3.8, 4) is 17.2 Å². The molecule has 0 fully saturated rings. The molecule has 1 aromatic heterocycles. The Bertz CT molecular complexity index is 1200. The van der Waals surface area contributed by atoms with E-state index in [0.29, 0.717) is 34.2 Å². The average molecular weight is 450 g/mol. The summed E-state index contributed by atoms with van der Waals surface area (Å²) in [6.45, 7) is 3.47. The van der Waals surface area contributed by atoms with Crippen molar-refractivity contribution in [2.75, 3.05) is 26.1 Å². The van der Waals surface area contributed by atoms with Gasteiger partial charge in [0.2, 0.25) is 0 Å². The number of aromatic nitrogens is 2. The number of carbonyl (C=O) groups excluding carboxylic acids is 2. The van der Waals surface area contributed by atoms with Crippen LogP contribution in [0.4, 0.5) is 5.69 Å². The van der Waals surface area contributed by atoms with Crippen LogP contribution in [0.2, 0.25) is 0 Å². The fourth-order valence-electron chi connectivity index (χ4n) is 3.37. The second-order valence-corrected chi connectivity index (χ2v) is 7.31. The van der Waals surface area contributed by atoms with Crippen molar-refractivity contribution in [2.45, 2.75) is 13.8 Å². The zero-order valence-electron chi connectivity index (χ0n) is 19.3. The van der Waals surface area contributed by atoms with Gasteiger partial charge in [0.15, 0.2) is 23.9 Å². The zero-order chi connectivity index (χ0) is 24.0. The molecule has 1 amide bonds. The first-order chi connectivity index (χ1) is 15.8. The number of benzene rings is 2. The van der Waals surface area contributed by atoms with E-state index in [1.165, 1.54) is 20.3 Å². The van der Waals surface area contributed by atoms with Gasteiger partial charge in [0.05, 0.1) is 31.2 Å². The Balaban J connectivity index is 1.66. The molecule has 3 rings (SSSR count). The monoisotopic (exact) mass is 449 g/mol. The number of hydrogen-bond donors (Lipinski definition) is 1. The number of nitrogens with zero attached hydrogens (tertiary/aromatic N) is 2. The largest absolute Gasteiger partial charge is 0.495 e. The summed E-state index contributed by atoms with van der Waals surface area (Å²) in [6, 6.07) is 12.3. The Hall–Kier alpha value is -4.07. The number of rotatable bonds is 9. The van der Waals surface area contributed by atoms with Crippen LogP contribution in [0.3, 0.4) is 0 Å². The first-order valence-electron chi connectivity index (χ1n) is 10.3. The molecule has 1 N–H and O–H groups in total. The maximum Gasteiger partial charge on any atom is 0.262 e. The van der Waals surface area contributed by atoms with Crippen LogP contribution in [0.1, 0.15) is 27.3 Å². The smallest absolute Gasteiger partial charge is 0.262 e. The van der Waals surface area contributed by atoms with E-state index in [1.54, 1.807) is 47.2 Å². The predicted octanol–water partition coefficient (Wildman–Crippen LogP) is 3.97. The summed E-state index contributed by atoms with van der Waals surface area (Å²) < 4.78 is 18.0. The van der Waals surface area contributed by atoms with Gasteiger partial charge in [0, 0.05) is 12.7 Å². The number of amides is 1. The van der Waals surface area contributed by atoms with Crippen LogP contribution in [-0.4, -0.2) is 42.3 Å². The van der Waals surface area contributed by atoms with E-state index in [9.17, 15) is 9.59 Å². The van der Waals surface area contributed by atoms with Gasteiger partial charge in [0.1, 0.15) is 5.75 Å². The van der Waals surface area contributed by atoms with Crippen LogP contribution in [0.25, 0.3) is 6.08 Å². The van der Waals surface area contributed by atoms with Gasteiger partial charge in [-0.2, -0.15) is 5.10 Å². The van der Waals surface area contributed by atoms with E-state index in [2.05, 4.69) is 10.4 Å². The number of ketones is 1. The quantitative estimate of drug-likeness (QED) is 0.393. The second kappa shape index (κ2) is 10.5. The second-order valence-electron chi connectivity index (χ2n) is 7.31. The molecule has 2 aromatic carbocycles. The molecule has 1 heterocycles. The molecule has 0 spiro atoms. The Morgan fingerprint density at radius 3 is 2.42 bits per heavy atom. The molecule has 0 saturated carbocycles. The number of para-hydroxylation sites is 2. The van der Waals surface area contributed by atoms with Crippen molar-refractivity contribution in [3.05, 3.63) is 71.1 Å². The summed E-state index contributed by atoms with van der Waals surface area (Å²) in [7, 11) is 4.86. The Labute approximate surface area is 192 Å². The van der Waals surface area contributed by atoms with E-state index in [1.807, 2.05) is 27.0 Å². The molecule has 0 bridgehead atoms. The standard InChI is InChI=1S/C25H27N3O5/c1-16-25(17(2)28(3)27-16)20(29)12-10-18-11-13-22(23(14-18)32-5)33-15-24(30)26-19-8-6-7-9-21(19)31-4/h6-14H,15H2,1-5H3,(H,26,30)/b12-10+. The van der Waals surface area contributed by atoms with Crippen LogP contribution in [0, 0.1) is 13.8 Å². The summed E-state index contributed by atoms with van der Waals surface area (Å²) in [4.78, 5) is 24.9. The molecule has 0 unspecified atom stereocenters. The van der Waals surface area contributed by atoms with E-state index in [0.717, 1.165) is 11.3 Å². The number of hydrogen-bond acceptors (Lipinski definition) is 6. The van der Waals surface area contributed by atoms with Crippen molar-refractivity contribution in [1.82, 2.24) is 9.78 Å². The van der Waals surface area contributed by atoms with Crippen LogP contribution in [-0.2, 0) is 11.8 Å². The van der Waals surface area contributed by atoms with Crippen molar-refractivity contribution < 1.29 is 23.8 Å². The van der Waals surface area contributed by atoms with Gasteiger partial charge < -0.3 is 19.5 Å². The summed E-state index contributed by atoms with van der Waals surface area (Å²) >= 11 is 0. The number of carbonyl (C=O) groups is 2. The Morgan fingerprint density at radius 1 is 1.03 bits per heavy atom. The minimum Gasteiger partial charge on any atom is -0.495 e. The SMILES string of the molecule is COc1ccccc1NC(=O)COc1ccc(/C=C/C(=O)c2c(C)nn(C)c2C)cc1OC. The molecule has 0 aliphatic heterocycles. The van der Waals surface area contributed by atoms with Crippen molar-refractivity contribution >= 4 is 23.5 Å². The third-order valence-corrected chi connectivity index (χ3v) is 5.11. The molecular formula is C25H27N3O5. The molecule has 0 aliphatic carbocycles. The third kappa shape index (κ3) is 5.60. The number of anilines is 1. The van der Waals surface area contributed by atoms with E-state index >= 15 is 0 Å². The van der Waals surface area contributed by atoms with Gasteiger partial charge >= 0.3 is 0 Å². The van der Waals surface area contributed by atoms with Gasteiger partial charge in [-0.1, -0.05) is 24.3 Å². The van der Waals surface area contributed by atoms with Crippen molar-refractivity contribution in [2.24, 2.45) is 7.05 Å². The maximum atomic E-state index is 12.6. The van der Waals surface area contributed by atoms with Crippen LogP contribution >= 0.6 is 0 Å². The van der Waals surface area contributed by atoms with Gasteiger partial charge in [-0.15, -0.1) is 0 Å². The minimum atomic E-state index is -0.335. The van der Waals surface area contributed by atoms with E-state index in [-0.39, 0.29) is 18.3 Å². The summed E-state index contributed by atoms with van der Waals surface area (Å²) in [5, 5.41) is 7.04. The normalized spacial score (nSPS) is 10.8. The number of ether oxygens (including phenoxy) is 3. The molecule has 0 saturated heterocycles. The number of methoxy groups -OCH3 is 2. The number of aryl methyl sites for hydroxylation is 2. The maximum absolute atomic E-state index is 12.6. The molecular weight excluding hydrogens is 422 g/mol. The Kier molecular flexibility index (Phi) is 7.50. The number of nitrogens with one attached hydrogen (secondary N) is 1. The fraction of sp³-hybridized carbons (Fsp3) is 0.240. The number of allylic oxidation sites excluding steroid dienone is 1. The highest BCUT2D eigenvalue weighted by Gasteiger charge is 2.15. The predicted molar refractivity (Wildman–Crippen MR) is 126 cm³/mol. The first kappa shape index (κ1) is 23.6. The molecule has 8 nitrogen and oxygen atoms in total. The van der Waals surface area contributed by atoms with E-state index < -0.39 is 0 Å². The van der Waals surface area contributed by atoms with Crippen molar-refractivity contribution in [3.63, 3.8) is 0 Å².